The fourth-order valence-electron chi connectivity index (χ4n) is 2.49. The zero-order valence-electron chi connectivity index (χ0n) is 15.5. The Morgan fingerprint density at radius 3 is 2.63 bits per heavy atom. The number of hydrogen-bond acceptors (Lipinski definition) is 9. The second-order valence-corrected chi connectivity index (χ2v) is 7.71. The normalized spacial score (nSPS) is 14.1. The molecule has 2 heterocycles. The molecule has 152 valence electrons. The summed E-state index contributed by atoms with van der Waals surface area (Å²) in [7, 11) is -3.56. The number of aromatic nitrogens is 4. The third kappa shape index (κ3) is 5.34. The maximum absolute atomic E-state index is 12.7. The average molecular weight is 403 g/mol. The first-order valence-corrected chi connectivity index (χ1v) is 10.1. The van der Waals surface area contributed by atoms with Gasteiger partial charge in [-0.1, -0.05) is 13.8 Å². The number of hydrogen-bond donors (Lipinski definition) is 3. The molecular weight excluding hydrogens is 377 g/mol. The molecule has 0 fully saturated rings. The Balaban J connectivity index is 1.89. The standard InChI is InChI=1S/C14H26N7O5P/c1-3-5-21(6-4-2)27(23,26-16)25-8-7-24-10-20-9-17-11-12(20)18-14(15)19-13(11)22/h9H,3-8,10,16H2,1-2H3,(H3,15,18,19,22). The van der Waals surface area contributed by atoms with E-state index < -0.39 is 13.3 Å². The topological polar surface area (TPSA) is 164 Å². The Morgan fingerprint density at radius 2 is 2.00 bits per heavy atom. The predicted molar refractivity (Wildman–Crippen MR) is 99.5 cm³/mol. The molecule has 0 aliphatic rings. The number of fused-ring (bicyclic) bond motifs is 1. The van der Waals surface area contributed by atoms with Crippen molar-refractivity contribution in [2.45, 2.75) is 33.4 Å². The van der Waals surface area contributed by atoms with Crippen LogP contribution in [0.25, 0.3) is 11.2 Å². The molecule has 0 aliphatic carbocycles. The number of nitrogens with zero attached hydrogens (tertiary/aromatic N) is 4. The highest BCUT2D eigenvalue weighted by atomic mass is 31.2. The number of H-pyrrole nitrogens is 1. The van der Waals surface area contributed by atoms with Gasteiger partial charge in [-0.2, -0.15) is 4.98 Å². The van der Waals surface area contributed by atoms with Crippen LogP contribution in [0.3, 0.4) is 0 Å². The molecule has 12 nitrogen and oxygen atoms in total. The lowest BCUT2D eigenvalue weighted by molar-refractivity contribution is 0.0449. The van der Waals surface area contributed by atoms with Crippen molar-refractivity contribution in [1.29, 1.82) is 0 Å². The molecule has 0 spiro atoms. The number of nitrogen functional groups attached to an aromatic ring is 1. The fraction of sp³-hybridized carbons (Fsp3) is 0.643. The maximum atomic E-state index is 12.7. The van der Waals surface area contributed by atoms with Crippen molar-refractivity contribution in [2.75, 3.05) is 32.0 Å². The molecule has 2 aromatic rings. The van der Waals surface area contributed by atoms with Gasteiger partial charge in [0.15, 0.2) is 11.2 Å². The van der Waals surface area contributed by atoms with E-state index in [-0.39, 0.29) is 31.4 Å². The van der Waals surface area contributed by atoms with Gasteiger partial charge in [0.25, 0.3) is 5.56 Å². The molecule has 0 aromatic carbocycles. The van der Waals surface area contributed by atoms with Crippen LogP contribution in [0.1, 0.15) is 26.7 Å². The van der Waals surface area contributed by atoms with Crippen molar-refractivity contribution in [3.05, 3.63) is 16.7 Å². The summed E-state index contributed by atoms with van der Waals surface area (Å²) in [6.07, 6.45) is 3.00. The highest BCUT2D eigenvalue weighted by Gasteiger charge is 2.32. The van der Waals surface area contributed by atoms with Gasteiger partial charge >= 0.3 is 7.75 Å². The first kappa shape index (κ1) is 21.5. The third-order valence-electron chi connectivity index (χ3n) is 3.65. The highest BCUT2D eigenvalue weighted by molar-refractivity contribution is 7.51. The summed E-state index contributed by atoms with van der Waals surface area (Å²) in [6.45, 7) is 5.23. The molecule has 2 rings (SSSR count). The Hall–Kier alpha value is -1.82. The van der Waals surface area contributed by atoms with Crippen LogP contribution in [0, 0.1) is 0 Å². The highest BCUT2D eigenvalue weighted by Crippen LogP contribution is 2.50. The van der Waals surface area contributed by atoms with Gasteiger partial charge in [0.05, 0.1) is 19.5 Å². The van der Waals surface area contributed by atoms with E-state index in [1.165, 1.54) is 10.9 Å². The third-order valence-corrected chi connectivity index (χ3v) is 5.52. The van der Waals surface area contributed by atoms with Gasteiger partial charge < -0.3 is 10.5 Å². The summed E-state index contributed by atoms with van der Waals surface area (Å²) in [5, 5.41) is 0. The molecule has 1 unspecified atom stereocenters. The van der Waals surface area contributed by atoms with Crippen LogP contribution >= 0.6 is 7.75 Å². The van der Waals surface area contributed by atoms with Crippen molar-refractivity contribution in [1.82, 2.24) is 24.2 Å². The SMILES string of the molecule is CCCN(CCC)P(=O)(ON)OCCOCn1cnc2c(=O)[nH]c(N)nc21. The van der Waals surface area contributed by atoms with Crippen molar-refractivity contribution >= 4 is 24.9 Å². The van der Waals surface area contributed by atoms with Crippen LogP contribution in [0.5, 0.6) is 0 Å². The summed E-state index contributed by atoms with van der Waals surface area (Å²) in [4.78, 5) is 22.1. The number of aromatic amines is 1. The van der Waals surface area contributed by atoms with Crippen LogP contribution in [-0.4, -0.2) is 50.5 Å². The quantitative estimate of drug-likeness (QED) is 0.262. The van der Waals surface area contributed by atoms with E-state index in [1.54, 1.807) is 4.67 Å². The minimum Gasteiger partial charge on any atom is -0.369 e. The van der Waals surface area contributed by atoms with Crippen LogP contribution < -0.4 is 17.2 Å². The van der Waals surface area contributed by atoms with Crippen LogP contribution in [0.4, 0.5) is 5.95 Å². The number of ether oxygens (including phenoxy) is 1. The summed E-state index contributed by atoms with van der Waals surface area (Å²) in [6, 6.07) is 0. The number of imidazole rings is 1. The fourth-order valence-corrected chi connectivity index (χ4v) is 4.04. The van der Waals surface area contributed by atoms with Crippen molar-refractivity contribution in [3.63, 3.8) is 0 Å². The first-order valence-electron chi connectivity index (χ1n) is 8.62. The molecule has 0 amide bonds. The number of nitrogens with two attached hydrogens (primary N) is 2. The summed E-state index contributed by atoms with van der Waals surface area (Å²) >= 11 is 0. The smallest absolute Gasteiger partial charge is 0.369 e. The van der Waals surface area contributed by atoms with Gasteiger partial charge in [-0.05, 0) is 12.8 Å². The molecule has 0 saturated carbocycles. The summed E-state index contributed by atoms with van der Waals surface area (Å²) in [5.41, 5.74) is 5.59. The van der Waals surface area contributed by atoms with E-state index >= 15 is 0 Å². The minimum atomic E-state index is -3.56. The molecule has 0 radical (unpaired) electrons. The first-order chi connectivity index (χ1) is 12.9. The lowest BCUT2D eigenvalue weighted by Gasteiger charge is -2.27. The molecule has 0 aliphatic heterocycles. The molecule has 1 atom stereocenters. The number of rotatable bonds is 12. The van der Waals surface area contributed by atoms with Crippen LogP contribution in [0.15, 0.2) is 11.1 Å². The maximum Gasteiger partial charge on any atom is 0.424 e. The van der Waals surface area contributed by atoms with E-state index in [4.69, 9.17) is 20.9 Å². The molecular formula is C14H26N7O5P. The monoisotopic (exact) mass is 403 g/mol. The van der Waals surface area contributed by atoms with E-state index in [0.29, 0.717) is 18.7 Å². The zero-order chi connectivity index (χ0) is 19.9. The van der Waals surface area contributed by atoms with Gasteiger partial charge in [-0.15, -0.1) is 0 Å². The van der Waals surface area contributed by atoms with Crippen molar-refractivity contribution < 1.29 is 18.5 Å². The summed E-state index contributed by atoms with van der Waals surface area (Å²) < 4.78 is 31.4. The predicted octanol–water partition coefficient (Wildman–Crippen LogP) is 0.813. The Bertz CT molecular complexity index is 833. The average Bonchev–Trinajstić information content (AvgIpc) is 3.04. The molecule has 27 heavy (non-hydrogen) atoms. The van der Waals surface area contributed by atoms with E-state index in [0.717, 1.165) is 12.8 Å². The number of anilines is 1. The van der Waals surface area contributed by atoms with Crippen molar-refractivity contribution in [2.24, 2.45) is 5.90 Å². The van der Waals surface area contributed by atoms with E-state index in [1.807, 2.05) is 13.8 Å². The Kier molecular flexibility index (Phi) is 7.90. The lowest BCUT2D eigenvalue weighted by atomic mass is 10.4. The molecule has 0 bridgehead atoms. The molecule has 2 aromatic heterocycles. The number of nitrogens with one attached hydrogen (secondary N) is 1. The second kappa shape index (κ2) is 9.93. The molecule has 5 N–H and O–H groups in total. The van der Waals surface area contributed by atoms with E-state index in [2.05, 4.69) is 19.6 Å². The van der Waals surface area contributed by atoms with Crippen LogP contribution in [0.2, 0.25) is 0 Å². The van der Waals surface area contributed by atoms with Gasteiger partial charge in [0.2, 0.25) is 5.95 Å². The van der Waals surface area contributed by atoms with Gasteiger partial charge in [-0.25, -0.2) is 24.7 Å². The van der Waals surface area contributed by atoms with E-state index in [9.17, 15) is 9.36 Å². The van der Waals surface area contributed by atoms with Gasteiger partial charge in [0, 0.05) is 13.1 Å². The molecule has 13 heteroatoms. The van der Waals surface area contributed by atoms with Crippen LogP contribution in [-0.2, 0) is 25.2 Å². The van der Waals surface area contributed by atoms with Crippen molar-refractivity contribution in [3.8, 4) is 0 Å². The summed E-state index contributed by atoms with van der Waals surface area (Å²) in [5.74, 6) is 5.21. The second-order valence-electron chi connectivity index (χ2n) is 5.74. The molecule has 0 saturated heterocycles. The van der Waals surface area contributed by atoms with Gasteiger partial charge in [0.1, 0.15) is 6.73 Å². The minimum absolute atomic E-state index is 0.00874. The van der Waals surface area contributed by atoms with Gasteiger partial charge in [-0.3, -0.25) is 18.9 Å². The lowest BCUT2D eigenvalue weighted by Crippen LogP contribution is -2.27. The largest absolute Gasteiger partial charge is 0.424 e. The Labute approximate surface area is 156 Å². The zero-order valence-corrected chi connectivity index (χ0v) is 16.4. The Morgan fingerprint density at radius 1 is 1.30 bits per heavy atom.